The normalized spacial score (nSPS) is 21.7. The molecule has 0 aliphatic carbocycles. The van der Waals surface area contributed by atoms with Gasteiger partial charge in [0, 0.05) is 38.1 Å². The minimum atomic E-state index is -0.00586. The first-order chi connectivity index (χ1) is 9.17. The third-order valence-electron chi connectivity index (χ3n) is 3.50. The Morgan fingerprint density at radius 3 is 2.84 bits per heavy atom. The molecule has 19 heavy (non-hydrogen) atoms. The maximum atomic E-state index is 8.81. The molecule has 0 aromatic carbocycles. The first-order valence-electron chi connectivity index (χ1n) is 6.45. The van der Waals surface area contributed by atoms with E-state index in [9.17, 15) is 0 Å². The zero-order chi connectivity index (χ0) is 13.8. The lowest BCUT2D eigenvalue weighted by Gasteiger charge is -2.40. The fourth-order valence-electron chi connectivity index (χ4n) is 2.45. The predicted octanol–water partition coefficient (Wildman–Crippen LogP) is 0.102. The van der Waals surface area contributed by atoms with Crippen LogP contribution in [-0.4, -0.2) is 58.1 Å². The van der Waals surface area contributed by atoms with E-state index in [1.165, 1.54) is 0 Å². The van der Waals surface area contributed by atoms with E-state index in [-0.39, 0.29) is 5.84 Å². The molecule has 7 heteroatoms. The molecule has 7 nitrogen and oxygen atoms in total. The average molecular weight is 264 g/mol. The number of nitrogens with two attached hydrogens (primary N) is 1. The topological polar surface area (TPSA) is 90.9 Å². The zero-order valence-corrected chi connectivity index (χ0v) is 11.3. The third kappa shape index (κ3) is 2.76. The van der Waals surface area contributed by atoms with Gasteiger partial charge < -0.3 is 15.8 Å². The highest BCUT2D eigenvalue weighted by molar-refractivity contribution is 5.99. The molecule has 3 N–H and O–H groups in total. The van der Waals surface area contributed by atoms with Crippen LogP contribution in [0, 0.1) is 0 Å². The Labute approximate surface area is 112 Å². The number of anilines is 1. The molecule has 1 saturated heterocycles. The number of likely N-dealkylation sites (N-methyl/N-ethyl adjacent to an activating group) is 1. The summed E-state index contributed by atoms with van der Waals surface area (Å²) in [5.74, 6) is 0.675. The highest BCUT2D eigenvalue weighted by Gasteiger charge is 2.25. The number of hydrogen-bond acceptors (Lipinski definition) is 6. The molecule has 0 saturated carbocycles. The van der Waals surface area contributed by atoms with Crippen LogP contribution in [0.3, 0.4) is 0 Å². The molecule has 1 fully saturated rings. The Hall–Kier alpha value is -1.89. The van der Waals surface area contributed by atoms with Crippen LogP contribution in [0.25, 0.3) is 0 Å². The SMILES string of the molecule is CCN1CCN(c2nccnc2C(N)=NO)CC1C. The molecule has 1 atom stereocenters. The van der Waals surface area contributed by atoms with Gasteiger partial charge in [0.05, 0.1) is 0 Å². The van der Waals surface area contributed by atoms with Crippen LogP contribution in [0.4, 0.5) is 5.82 Å². The molecule has 1 aliphatic heterocycles. The van der Waals surface area contributed by atoms with Crippen LogP contribution in [0.2, 0.25) is 0 Å². The van der Waals surface area contributed by atoms with Crippen molar-refractivity contribution in [1.29, 1.82) is 0 Å². The second-order valence-electron chi connectivity index (χ2n) is 4.64. The predicted molar refractivity (Wildman–Crippen MR) is 73.5 cm³/mol. The molecule has 0 amide bonds. The summed E-state index contributed by atoms with van der Waals surface area (Å²) in [7, 11) is 0. The van der Waals surface area contributed by atoms with Crippen LogP contribution >= 0.6 is 0 Å². The smallest absolute Gasteiger partial charge is 0.192 e. The summed E-state index contributed by atoms with van der Waals surface area (Å²) < 4.78 is 0. The molecule has 104 valence electrons. The molecule has 1 aromatic heterocycles. The summed E-state index contributed by atoms with van der Waals surface area (Å²) in [6.45, 7) is 8.10. The number of oxime groups is 1. The van der Waals surface area contributed by atoms with Gasteiger partial charge in [0.1, 0.15) is 0 Å². The van der Waals surface area contributed by atoms with Crippen molar-refractivity contribution in [2.45, 2.75) is 19.9 Å². The van der Waals surface area contributed by atoms with Crippen LogP contribution in [0.15, 0.2) is 17.5 Å². The van der Waals surface area contributed by atoms with Gasteiger partial charge in [-0.15, -0.1) is 0 Å². The quantitative estimate of drug-likeness (QED) is 0.348. The van der Waals surface area contributed by atoms with Crippen LogP contribution in [-0.2, 0) is 0 Å². The molecule has 1 aromatic rings. The van der Waals surface area contributed by atoms with Crippen molar-refractivity contribution in [2.24, 2.45) is 10.9 Å². The number of aromatic nitrogens is 2. The zero-order valence-electron chi connectivity index (χ0n) is 11.3. The van der Waals surface area contributed by atoms with Crippen LogP contribution < -0.4 is 10.6 Å². The maximum Gasteiger partial charge on any atom is 0.192 e. The molecular formula is C12H20N6O. The van der Waals surface area contributed by atoms with E-state index >= 15 is 0 Å². The molecule has 0 radical (unpaired) electrons. The summed E-state index contributed by atoms with van der Waals surface area (Å²) in [5.41, 5.74) is 6.08. The van der Waals surface area contributed by atoms with E-state index in [4.69, 9.17) is 10.9 Å². The summed E-state index contributed by atoms with van der Waals surface area (Å²) in [5, 5.41) is 11.8. The average Bonchev–Trinajstić information content (AvgIpc) is 2.46. The Kier molecular flexibility index (Phi) is 4.16. The van der Waals surface area contributed by atoms with Crippen molar-refractivity contribution in [3.8, 4) is 0 Å². The van der Waals surface area contributed by atoms with Crippen molar-refractivity contribution in [2.75, 3.05) is 31.1 Å². The van der Waals surface area contributed by atoms with Gasteiger partial charge in [0.25, 0.3) is 0 Å². The molecule has 2 rings (SSSR count). The number of hydrogen-bond donors (Lipinski definition) is 2. The van der Waals surface area contributed by atoms with E-state index < -0.39 is 0 Å². The monoisotopic (exact) mass is 264 g/mol. The number of rotatable bonds is 3. The summed E-state index contributed by atoms with van der Waals surface area (Å²) in [6.07, 6.45) is 3.17. The van der Waals surface area contributed by atoms with Gasteiger partial charge in [-0.1, -0.05) is 12.1 Å². The van der Waals surface area contributed by atoms with Crippen molar-refractivity contribution in [3.63, 3.8) is 0 Å². The highest BCUT2D eigenvalue weighted by atomic mass is 16.4. The molecule has 2 heterocycles. The van der Waals surface area contributed by atoms with Crippen LogP contribution in [0.1, 0.15) is 19.5 Å². The van der Waals surface area contributed by atoms with Gasteiger partial charge in [0.2, 0.25) is 0 Å². The molecule has 1 aliphatic rings. The molecule has 0 spiro atoms. The summed E-state index contributed by atoms with van der Waals surface area (Å²) >= 11 is 0. The highest BCUT2D eigenvalue weighted by Crippen LogP contribution is 2.19. The van der Waals surface area contributed by atoms with E-state index in [2.05, 4.69) is 38.8 Å². The van der Waals surface area contributed by atoms with E-state index in [1.807, 2.05) is 0 Å². The van der Waals surface area contributed by atoms with Gasteiger partial charge in [0.15, 0.2) is 17.3 Å². The molecular weight excluding hydrogens is 244 g/mol. The van der Waals surface area contributed by atoms with Gasteiger partial charge in [-0.05, 0) is 13.5 Å². The standard InChI is InChI=1S/C12H20N6O/c1-3-17-6-7-18(8-9(17)2)12-10(11(13)16-19)14-4-5-15-12/h4-5,9,19H,3,6-8H2,1-2H3,(H2,13,16). The van der Waals surface area contributed by atoms with Crippen molar-refractivity contribution >= 4 is 11.7 Å². The van der Waals surface area contributed by atoms with Gasteiger partial charge in [-0.25, -0.2) is 9.97 Å². The fraction of sp³-hybridized carbons (Fsp3) is 0.583. The van der Waals surface area contributed by atoms with E-state index in [1.54, 1.807) is 12.4 Å². The van der Waals surface area contributed by atoms with Gasteiger partial charge >= 0.3 is 0 Å². The first kappa shape index (κ1) is 13.5. The van der Waals surface area contributed by atoms with Crippen molar-refractivity contribution in [3.05, 3.63) is 18.1 Å². The largest absolute Gasteiger partial charge is 0.409 e. The lowest BCUT2D eigenvalue weighted by atomic mass is 10.2. The minimum Gasteiger partial charge on any atom is -0.409 e. The van der Waals surface area contributed by atoms with Gasteiger partial charge in [-0.3, -0.25) is 4.90 Å². The maximum absolute atomic E-state index is 8.81. The molecule has 0 bridgehead atoms. The first-order valence-corrected chi connectivity index (χ1v) is 6.45. The number of nitrogens with zero attached hydrogens (tertiary/aromatic N) is 5. The summed E-state index contributed by atoms with van der Waals surface area (Å²) in [4.78, 5) is 13.0. The van der Waals surface area contributed by atoms with Crippen molar-refractivity contribution < 1.29 is 5.21 Å². The Bertz CT molecular complexity index is 463. The second kappa shape index (κ2) is 5.83. The second-order valence-corrected chi connectivity index (χ2v) is 4.64. The Morgan fingerprint density at radius 2 is 2.21 bits per heavy atom. The van der Waals surface area contributed by atoms with Gasteiger partial charge in [-0.2, -0.15) is 0 Å². The Morgan fingerprint density at radius 1 is 1.47 bits per heavy atom. The number of amidine groups is 1. The molecule has 1 unspecified atom stereocenters. The lowest BCUT2D eigenvalue weighted by Crippen LogP contribution is -2.52. The van der Waals surface area contributed by atoms with Crippen LogP contribution in [0.5, 0.6) is 0 Å². The lowest BCUT2D eigenvalue weighted by molar-refractivity contribution is 0.199. The minimum absolute atomic E-state index is 0.00586. The third-order valence-corrected chi connectivity index (χ3v) is 3.50. The number of piperazine rings is 1. The fourth-order valence-corrected chi connectivity index (χ4v) is 2.45. The Balaban J connectivity index is 2.24. The van der Waals surface area contributed by atoms with E-state index in [0.29, 0.717) is 17.6 Å². The van der Waals surface area contributed by atoms with Crippen molar-refractivity contribution in [1.82, 2.24) is 14.9 Å². The van der Waals surface area contributed by atoms with E-state index in [0.717, 1.165) is 26.2 Å². The summed E-state index contributed by atoms with van der Waals surface area (Å²) in [6, 6.07) is 0.445.